The number of hydrogen-bond acceptors (Lipinski definition) is 2. The Morgan fingerprint density at radius 3 is 2.53 bits per heavy atom. The summed E-state index contributed by atoms with van der Waals surface area (Å²) in [5, 5.41) is 4.39. The maximum atomic E-state index is 5.97. The Kier molecular flexibility index (Phi) is 5.46. The average Bonchev–Trinajstić information content (AvgIpc) is 2.72. The summed E-state index contributed by atoms with van der Waals surface area (Å²) in [6, 6.07) is 10.5. The molecule has 1 atom stereocenters. The molecule has 102 valence electrons. The van der Waals surface area contributed by atoms with Gasteiger partial charge in [0.15, 0.2) is 0 Å². The van der Waals surface area contributed by atoms with Crippen molar-refractivity contribution in [2.24, 2.45) is 0 Å². The van der Waals surface area contributed by atoms with Crippen LogP contribution in [0.25, 0.3) is 0 Å². The molecule has 0 amide bonds. The van der Waals surface area contributed by atoms with Crippen molar-refractivity contribution in [2.75, 3.05) is 6.54 Å². The largest absolute Gasteiger partial charge is 0.306 e. The monoisotopic (exact) mass is 357 g/mol. The molecule has 0 radical (unpaired) electrons. The second-order valence-corrected chi connectivity index (χ2v) is 7.07. The van der Waals surface area contributed by atoms with E-state index < -0.39 is 0 Å². The standard InChI is InChI=1S/C15H17BrClNS/c1-3-8-18-15(11-4-6-12(17)7-5-11)14-9-13(16)10(2)19-14/h4-7,9,15,18H,3,8H2,1-2H3. The third-order valence-electron chi connectivity index (χ3n) is 2.96. The molecule has 1 N–H and O–H groups in total. The van der Waals surface area contributed by atoms with Gasteiger partial charge in [-0.1, -0.05) is 30.7 Å². The van der Waals surface area contributed by atoms with Crippen LogP contribution in [0.4, 0.5) is 0 Å². The summed E-state index contributed by atoms with van der Waals surface area (Å²) in [6.07, 6.45) is 1.12. The molecule has 2 rings (SSSR count). The van der Waals surface area contributed by atoms with E-state index in [-0.39, 0.29) is 6.04 Å². The van der Waals surface area contributed by atoms with Crippen molar-refractivity contribution in [2.45, 2.75) is 26.3 Å². The minimum atomic E-state index is 0.243. The van der Waals surface area contributed by atoms with Gasteiger partial charge in [0, 0.05) is 19.2 Å². The zero-order valence-electron chi connectivity index (χ0n) is 11.0. The minimum absolute atomic E-state index is 0.243. The Morgan fingerprint density at radius 2 is 2.00 bits per heavy atom. The van der Waals surface area contributed by atoms with Gasteiger partial charge in [0.25, 0.3) is 0 Å². The van der Waals surface area contributed by atoms with E-state index in [0.29, 0.717) is 0 Å². The third kappa shape index (κ3) is 3.82. The van der Waals surface area contributed by atoms with Crippen molar-refractivity contribution >= 4 is 38.9 Å². The molecule has 0 fully saturated rings. The van der Waals surface area contributed by atoms with Crippen molar-refractivity contribution in [3.63, 3.8) is 0 Å². The van der Waals surface area contributed by atoms with Crippen LogP contribution in [0.3, 0.4) is 0 Å². The van der Waals surface area contributed by atoms with Crippen molar-refractivity contribution < 1.29 is 0 Å². The molecule has 1 aromatic carbocycles. The van der Waals surface area contributed by atoms with Gasteiger partial charge in [-0.2, -0.15) is 0 Å². The number of halogens is 2. The zero-order chi connectivity index (χ0) is 13.8. The number of benzene rings is 1. The van der Waals surface area contributed by atoms with Gasteiger partial charge in [-0.05, 0) is 59.6 Å². The second-order valence-electron chi connectivity index (χ2n) is 4.49. The molecule has 0 saturated carbocycles. The summed E-state index contributed by atoms with van der Waals surface area (Å²) >= 11 is 11.4. The highest BCUT2D eigenvalue weighted by molar-refractivity contribution is 9.10. The molecular formula is C15H17BrClNS. The van der Waals surface area contributed by atoms with E-state index in [2.05, 4.69) is 53.3 Å². The molecule has 1 heterocycles. The summed E-state index contributed by atoms with van der Waals surface area (Å²) in [7, 11) is 0. The van der Waals surface area contributed by atoms with E-state index in [1.807, 2.05) is 23.5 Å². The lowest BCUT2D eigenvalue weighted by atomic mass is 10.1. The van der Waals surface area contributed by atoms with E-state index >= 15 is 0 Å². The van der Waals surface area contributed by atoms with Gasteiger partial charge >= 0.3 is 0 Å². The van der Waals surface area contributed by atoms with E-state index in [1.165, 1.54) is 19.8 Å². The lowest BCUT2D eigenvalue weighted by Crippen LogP contribution is -2.22. The maximum Gasteiger partial charge on any atom is 0.0671 e. The van der Waals surface area contributed by atoms with Crippen molar-refractivity contribution in [1.29, 1.82) is 0 Å². The first-order chi connectivity index (χ1) is 9.11. The Morgan fingerprint density at radius 1 is 1.32 bits per heavy atom. The molecule has 0 aliphatic rings. The molecule has 4 heteroatoms. The topological polar surface area (TPSA) is 12.0 Å². The molecule has 0 bridgehead atoms. The lowest BCUT2D eigenvalue weighted by Gasteiger charge is -2.17. The first kappa shape index (κ1) is 15.0. The van der Waals surface area contributed by atoms with Gasteiger partial charge < -0.3 is 5.32 Å². The normalized spacial score (nSPS) is 12.6. The summed E-state index contributed by atoms with van der Waals surface area (Å²) in [6.45, 7) is 5.32. The van der Waals surface area contributed by atoms with Crippen molar-refractivity contribution in [3.8, 4) is 0 Å². The molecule has 1 unspecified atom stereocenters. The minimum Gasteiger partial charge on any atom is -0.306 e. The zero-order valence-corrected chi connectivity index (χ0v) is 14.2. The van der Waals surface area contributed by atoms with Crippen LogP contribution < -0.4 is 5.32 Å². The number of thiophene rings is 1. The average molecular weight is 359 g/mol. The number of nitrogens with one attached hydrogen (secondary N) is 1. The molecule has 0 aliphatic carbocycles. The number of rotatable bonds is 5. The first-order valence-corrected chi connectivity index (χ1v) is 8.35. The fourth-order valence-electron chi connectivity index (χ4n) is 1.95. The summed E-state index contributed by atoms with van der Waals surface area (Å²) in [4.78, 5) is 2.65. The smallest absolute Gasteiger partial charge is 0.0671 e. The van der Waals surface area contributed by atoms with E-state index in [0.717, 1.165) is 18.0 Å². The second kappa shape index (κ2) is 6.89. The van der Waals surface area contributed by atoms with Crippen molar-refractivity contribution in [3.05, 3.63) is 55.1 Å². The van der Waals surface area contributed by atoms with Crippen molar-refractivity contribution in [1.82, 2.24) is 5.32 Å². The maximum absolute atomic E-state index is 5.97. The lowest BCUT2D eigenvalue weighted by molar-refractivity contribution is 0.606. The van der Waals surface area contributed by atoms with Crippen LogP contribution >= 0.6 is 38.9 Å². The van der Waals surface area contributed by atoms with Crippen LogP contribution in [0.1, 0.15) is 34.7 Å². The predicted molar refractivity (Wildman–Crippen MR) is 88.3 cm³/mol. The molecule has 0 aliphatic heterocycles. The third-order valence-corrected chi connectivity index (χ3v) is 5.42. The van der Waals surface area contributed by atoms with Crippen LogP contribution in [-0.4, -0.2) is 6.54 Å². The molecule has 2 aromatic rings. The molecule has 0 spiro atoms. The highest BCUT2D eigenvalue weighted by Crippen LogP contribution is 2.34. The van der Waals surface area contributed by atoms with E-state index in [4.69, 9.17) is 11.6 Å². The van der Waals surface area contributed by atoms with Crippen LogP contribution in [-0.2, 0) is 0 Å². The molecule has 19 heavy (non-hydrogen) atoms. The SMILES string of the molecule is CCCNC(c1ccc(Cl)cc1)c1cc(Br)c(C)s1. The highest BCUT2D eigenvalue weighted by atomic mass is 79.9. The number of aryl methyl sites for hydroxylation is 1. The molecule has 1 aromatic heterocycles. The number of hydrogen-bond donors (Lipinski definition) is 1. The molecule has 1 nitrogen and oxygen atoms in total. The molecular weight excluding hydrogens is 342 g/mol. The predicted octanol–water partition coefficient (Wildman–Crippen LogP) is 5.56. The Hall–Kier alpha value is -0.350. The summed E-state index contributed by atoms with van der Waals surface area (Å²) in [5.41, 5.74) is 1.26. The quantitative estimate of drug-likeness (QED) is 0.737. The van der Waals surface area contributed by atoms with Gasteiger partial charge in [0.2, 0.25) is 0 Å². The first-order valence-electron chi connectivity index (χ1n) is 6.36. The summed E-state index contributed by atoms with van der Waals surface area (Å²) in [5.74, 6) is 0. The van der Waals surface area contributed by atoms with Crippen LogP contribution in [0.15, 0.2) is 34.8 Å². The summed E-state index contributed by atoms with van der Waals surface area (Å²) < 4.78 is 1.18. The van der Waals surface area contributed by atoms with Crippen LogP contribution in [0.5, 0.6) is 0 Å². The van der Waals surface area contributed by atoms with Gasteiger partial charge in [-0.3, -0.25) is 0 Å². The Labute approximate surface area is 132 Å². The van der Waals surface area contributed by atoms with E-state index in [1.54, 1.807) is 0 Å². The van der Waals surface area contributed by atoms with Crippen LogP contribution in [0.2, 0.25) is 5.02 Å². The molecule has 0 saturated heterocycles. The highest BCUT2D eigenvalue weighted by Gasteiger charge is 2.16. The van der Waals surface area contributed by atoms with Gasteiger partial charge in [0.1, 0.15) is 0 Å². The van der Waals surface area contributed by atoms with Gasteiger partial charge in [-0.15, -0.1) is 11.3 Å². The Bertz CT molecular complexity index is 516. The van der Waals surface area contributed by atoms with Gasteiger partial charge in [0.05, 0.1) is 6.04 Å². The van der Waals surface area contributed by atoms with Gasteiger partial charge in [-0.25, -0.2) is 0 Å². The fraction of sp³-hybridized carbons (Fsp3) is 0.333. The van der Waals surface area contributed by atoms with Crippen LogP contribution in [0, 0.1) is 6.92 Å². The Balaban J connectivity index is 2.32. The fourth-order valence-corrected chi connectivity index (χ4v) is 3.74. The van der Waals surface area contributed by atoms with E-state index in [9.17, 15) is 0 Å².